The van der Waals surface area contributed by atoms with Crippen LogP contribution in [0.5, 0.6) is 11.5 Å². The van der Waals surface area contributed by atoms with E-state index in [9.17, 15) is 4.79 Å². The predicted octanol–water partition coefficient (Wildman–Crippen LogP) is 6.14. The molecular weight excluding hydrogens is 363 g/mol. The molecule has 0 bridgehead atoms. The standard InChI is InChI=1S/C15H11BrCl2O2/c1-2-13(19)9-5-3-4-6-14(9)20-15-8-11(17)10(16)7-12(15)18/h3-8H,2H2,1H3. The minimum atomic E-state index is 0.0138. The van der Waals surface area contributed by atoms with Crippen LogP contribution in [-0.2, 0) is 0 Å². The van der Waals surface area contributed by atoms with Gasteiger partial charge in [0.25, 0.3) is 0 Å². The molecule has 2 aromatic carbocycles. The zero-order valence-corrected chi connectivity index (χ0v) is 13.7. The fourth-order valence-electron chi connectivity index (χ4n) is 1.68. The largest absolute Gasteiger partial charge is 0.455 e. The lowest BCUT2D eigenvalue weighted by molar-refractivity contribution is 0.0986. The summed E-state index contributed by atoms with van der Waals surface area (Å²) in [5, 5.41) is 0.906. The minimum absolute atomic E-state index is 0.0138. The number of Topliss-reactive ketones (excluding diaryl/α,β-unsaturated/α-hetero) is 1. The van der Waals surface area contributed by atoms with Crippen LogP contribution in [0.15, 0.2) is 40.9 Å². The molecule has 0 radical (unpaired) electrons. The van der Waals surface area contributed by atoms with Gasteiger partial charge in [-0.2, -0.15) is 0 Å². The van der Waals surface area contributed by atoms with E-state index in [4.69, 9.17) is 27.9 Å². The van der Waals surface area contributed by atoms with Gasteiger partial charge in [-0.3, -0.25) is 4.79 Å². The third-order valence-corrected chi connectivity index (χ3v) is 4.20. The fourth-order valence-corrected chi connectivity index (χ4v) is 2.51. The summed E-state index contributed by atoms with van der Waals surface area (Å²) in [6.07, 6.45) is 0.412. The molecule has 0 aliphatic rings. The van der Waals surface area contributed by atoms with Crippen LogP contribution < -0.4 is 4.74 Å². The van der Waals surface area contributed by atoms with Crippen molar-refractivity contribution in [3.8, 4) is 11.5 Å². The molecule has 0 fully saturated rings. The second-order valence-corrected chi connectivity index (χ2v) is 5.74. The summed E-state index contributed by atoms with van der Waals surface area (Å²) in [6.45, 7) is 1.81. The van der Waals surface area contributed by atoms with Crippen LogP contribution in [0.4, 0.5) is 0 Å². The highest BCUT2D eigenvalue weighted by Gasteiger charge is 2.13. The molecule has 0 aromatic heterocycles. The zero-order chi connectivity index (χ0) is 14.7. The maximum Gasteiger partial charge on any atom is 0.166 e. The fraction of sp³-hybridized carbons (Fsp3) is 0.133. The van der Waals surface area contributed by atoms with Crippen LogP contribution in [0, 0.1) is 0 Å². The second kappa shape index (κ2) is 6.61. The summed E-state index contributed by atoms with van der Waals surface area (Å²) in [4.78, 5) is 11.9. The highest BCUT2D eigenvalue weighted by Crippen LogP contribution is 2.37. The van der Waals surface area contributed by atoms with Crippen molar-refractivity contribution in [1.82, 2.24) is 0 Å². The number of rotatable bonds is 4. The molecule has 2 rings (SSSR count). The van der Waals surface area contributed by atoms with Crippen molar-refractivity contribution in [2.45, 2.75) is 13.3 Å². The Labute approximate surface area is 135 Å². The van der Waals surface area contributed by atoms with Crippen molar-refractivity contribution in [2.75, 3.05) is 0 Å². The Bertz CT molecular complexity index is 656. The molecule has 0 saturated carbocycles. The van der Waals surface area contributed by atoms with Gasteiger partial charge in [0.05, 0.1) is 15.6 Å². The highest BCUT2D eigenvalue weighted by atomic mass is 79.9. The van der Waals surface area contributed by atoms with Crippen molar-refractivity contribution in [3.63, 3.8) is 0 Å². The van der Waals surface area contributed by atoms with Gasteiger partial charge >= 0.3 is 0 Å². The maximum absolute atomic E-state index is 11.9. The van der Waals surface area contributed by atoms with Gasteiger partial charge in [-0.25, -0.2) is 0 Å². The van der Waals surface area contributed by atoms with Crippen molar-refractivity contribution in [3.05, 3.63) is 56.5 Å². The topological polar surface area (TPSA) is 26.3 Å². The lowest BCUT2D eigenvalue weighted by Gasteiger charge is -2.12. The van der Waals surface area contributed by atoms with E-state index in [0.29, 0.717) is 38.0 Å². The number of para-hydroxylation sites is 1. The van der Waals surface area contributed by atoms with E-state index in [1.807, 2.05) is 6.92 Å². The molecular formula is C15H11BrCl2O2. The van der Waals surface area contributed by atoms with Crippen molar-refractivity contribution in [2.24, 2.45) is 0 Å². The van der Waals surface area contributed by atoms with Crippen LogP contribution in [0.2, 0.25) is 10.0 Å². The van der Waals surface area contributed by atoms with Gasteiger partial charge in [-0.15, -0.1) is 0 Å². The summed E-state index contributed by atoms with van der Waals surface area (Å²) >= 11 is 15.4. The number of halogens is 3. The van der Waals surface area contributed by atoms with Crippen LogP contribution in [-0.4, -0.2) is 5.78 Å². The third-order valence-electron chi connectivity index (χ3n) is 2.70. The monoisotopic (exact) mass is 372 g/mol. The Morgan fingerprint density at radius 3 is 2.55 bits per heavy atom. The number of carbonyl (C=O) groups is 1. The Hall–Kier alpha value is -1.03. The number of ketones is 1. The van der Waals surface area contributed by atoms with Gasteiger partial charge < -0.3 is 4.74 Å². The SMILES string of the molecule is CCC(=O)c1ccccc1Oc1cc(Cl)c(Br)cc1Cl. The van der Waals surface area contributed by atoms with E-state index < -0.39 is 0 Å². The zero-order valence-electron chi connectivity index (χ0n) is 10.6. The molecule has 2 aromatic rings. The second-order valence-electron chi connectivity index (χ2n) is 4.07. The summed E-state index contributed by atoms with van der Waals surface area (Å²) in [7, 11) is 0. The first-order valence-corrected chi connectivity index (χ1v) is 7.52. The molecule has 5 heteroatoms. The Balaban J connectivity index is 2.40. The van der Waals surface area contributed by atoms with Gasteiger partial charge in [-0.05, 0) is 34.1 Å². The van der Waals surface area contributed by atoms with E-state index >= 15 is 0 Å². The molecule has 0 heterocycles. The molecule has 0 atom stereocenters. The van der Waals surface area contributed by atoms with Gasteiger partial charge in [0.2, 0.25) is 0 Å². The Morgan fingerprint density at radius 1 is 1.15 bits per heavy atom. The average molecular weight is 374 g/mol. The van der Waals surface area contributed by atoms with E-state index in [1.54, 1.807) is 36.4 Å². The van der Waals surface area contributed by atoms with E-state index in [-0.39, 0.29) is 5.78 Å². The summed E-state index contributed by atoms with van der Waals surface area (Å²) in [6, 6.07) is 10.3. The lowest BCUT2D eigenvalue weighted by atomic mass is 10.1. The van der Waals surface area contributed by atoms with Crippen molar-refractivity contribution >= 4 is 44.9 Å². The number of carbonyl (C=O) groups excluding carboxylic acids is 1. The van der Waals surface area contributed by atoms with Crippen LogP contribution in [0.3, 0.4) is 0 Å². The molecule has 0 N–H and O–H groups in total. The number of hydrogen-bond donors (Lipinski definition) is 0. The van der Waals surface area contributed by atoms with Crippen molar-refractivity contribution in [1.29, 1.82) is 0 Å². The Morgan fingerprint density at radius 2 is 1.85 bits per heavy atom. The Kier molecular flexibility index (Phi) is 5.08. The molecule has 2 nitrogen and oxygen atoms in total. The smallest absolute Gasteiger partial charge is 0.166 e. The molecule has 0 aliphatic heterocycles. The molecule has 104 valence electrons. The average Bonchev–Trinajstić information content (AvgIpc) is 2.44. The minimum Gasteiger partial charge on any atom is -0.455 e. The number of benzene rings is 2. The normalized spacial score (nSPS) is 10.4. The first kappa shape index (κ1) is 15.4. The molecule has 0 aliphatic carbocycles. The van der Waals surface area contributed by atoms with Crippen LogP contribution >= 0.6 is 39.1 Å². The molecule has 0 unspecified atom stereocenters. The highest BCUT2D eigenvalue weighted by molar-refractivity contribution is 9.10. The lowest BCUT2D eigenvalue weighted by Crippen LogP contribution is -2.00. The molecule has 20 heavy (non-hydrogen) atoms. The number of hydrogen-bond acceptors (Lipinski definition) is 2. The van der Waals surface area contributed by atoms with E-state index in [2.05, 4.69) is 15.9 Å². The molecule has 0 amide bonds. The van der Waals surface area contributed by atoms with Gasteiger partial charge in [0.15, 0.2) is 5.78 Å². The van der Waals surface area contributed by atoms with Crippen LogP contribution in [0.1, 0.15) is 23.7 Å². The maximum atomic E-state index is 11.9. The number of ether oxygens (including phenoxy) is 1. The van der Waals surface area contributed by atoms with Gasteiger partial charge in [0.1, 0.15) is 11.5 Å². The molecule has 0 spiro atoms. The first-order chi connectivity index (χ1) is 9.52. The van der Waals surface area contributed by atoms with E-state index in [0.717, 1.165) is 0 Å². The molecule has 0 saturated heterocycles. The summed E-state index contributed by atoms with van der Waals surface area (Å²) in [5.41, 5.74) is 0.533. The summed E-state index contributed by atoms with van der Waals surface area (Å²) in [5.74, 6) is 0.899. The predicted molar refractivity (Wildman–Crippen MR) is 85.3 cm³/mol. The van der Waals surface area contributed by atoms with Crippen molar-refractivity contribution < 1.29 is 9.53 Å². The summed E-state index contributed by atoms with van der Waals surface area (Å²) < 4.78 is 6.43. The third kappa shape index (κ3) is 3.35. The first-order valence-electron chi connectivity index (χ1n) is 5.97. The van der Waals surface area contributed by atoms with Gasteiger partial charge in [0, 0.05) is 17.0 Å². The van der Waals surface area contributed by atoms with Crippen LogP contribution in [0.25, 0.3) is 0 Å². The van der Waals surface area contributed by atoms with E-state index in [1.165, 1.54) is 0 Å². The van der Waals surface area contributed by atoms with Gasteiger partial charge in [-0.1, -0.05) is 42.3 Å². The quantitative estimate of drug-likeness (QED) is 0.475.